The van der Waals surface area contributed by atoms with Crippen LogP contribution in [0.25, 0.3) is 11.0 Å². The van der Waals surface area contributed by atoms with Crippen molar-refractivity contribution in [3.8, 4) is 0 Å². The van der Waals surface area contributed by atoms with Crippen molar-refractivity contribution >= 4 is 16.9 Å². The summed E-state index contributed by atoms with van der Waals surface area (Å²) in [5.74, 6) is 0.841. The quantitative estimate of drug-likeness (QED) is 0.937. The van der Waals surface area contributed by atoms with Gasteiger partial charge in [-0.25, -0.2) is 0 Å². The van der Waals surface area contributed by atoms with Crippen LogP contribution in [0.4, 0.5) is 0 Å². The molecule has 3 rings (SSSR count). The van der Waals surface area contributed by atoms with E-state index in [4.69, 9.17) is 10.2 Å². The Morgan fingerprint density at radius 2 is 2.17 bits per heavy atom. The summed E-state index contributed by atoms with van der Waals surface area (Å²) in [5.41, 5.74) is 7.81. The van der Waals surface area contributed by atoms with Crippen LogP contribution < -0.4 is 5.73 Å². The zero-order valence-electron chi connectivity index (χ0n) is 14.8. The Morgan fingerprint density at radius 3 is 2.88 bits per heavy atom. The Morgan fingerprint density at radius 1 is 1.42 bits per heavy atom. The molecular weight excluding hydrogens is 302 g/mol. The SMILES string of the molecule is C[C@H](N)[C@@H]1CCCN(C(=O)c2oc3ccccc3c2CN(C)C)C1. The highest BCUT2D eigenvalue weighted by atomic mass is 16.3. The molecule has 5 nitrogen and oxygen atoms in total. The van der Waals surface area contributed by atoms with Crippen molar-refractivity contribution in [3.63, 3.8) is 0 Å². The Hall–Kier alpha value is -1.85. The van der Waals surface area contributed by atoms with E-state index in [-0.39, 0.29) is 11.9 Å². The fourth-order valence-electron chi connectivity index (χ4n) is 3.51. The molecule has 0 spiro atoms. The lowest BCUT2D eigenvalue weighted by Gasteiger charge is -2.34. The molecule has 1 fully saturated rings. The smallest absolute Gasteiger partial charge is 0.289 e. The summed E-state index contributed by atoms with van der Waals surface area (Å²) in [4.78, 5) is 17.1. The second-order valence-electron chi connectivity index (χ2n) is 7.16. The molecule has 2 atom stereocenters. The lowest BCUT2D eigenvalue weighted by Crippen LogP contribution is -2.45. The summed E-state index contributed by atoms with van der Waals surface area (Å²) in [6, 6.07) is 7.98. The Kier molecular flexibility index (Phi) is 4.92. The molecule has 1 aromatic carbocycles. The highest BCUT2D eigenvalue weighted by Crippen LogP contribution is 2.29. The van der Waals surface area contributed by atoms with Crippen LogP contribution in [0.2, 0.25) is 0 Å². The normalized spacial score (nSPS) is 19.9. The minimum atomic E-state index is -0.00611. The number of furan rings is 1. The third-order valence-corrected chi connectivity index (χ3v) is 4.86. The number of carbonyl (C=O) groups is 1. The second kappa shape index (κ2) is 6.95. The van der Waals surface area contributed by atoms with Gasteiger partial charge in [-0.3, -0.25) is 4.79 Å². The number of para-hydroxylation sites is 1. The number of hydrogen-bond acceptors (Lipinski definition) is 4. The number of nitrogens with two attached hydrogens (primary N) is 1. The van der Waals surface area contributed by atoms with Gasteiger partial charge >= 0.3 is 0 Å². The molecule has 1 aliphatic rings. The van der Waals surface area contributed by atoms with E-state index in [0.717, 1.165) is 42.5 Å². The molecule has 2 N–H and O–H groups in total. The summed E-state index contributed by atoms with van der Waals surface area (Å²) in [5, 5.41) is 1.02. The molecule has 130 valence electrons. The number of piperidine rings is 1. The number of rotatable bonds is 4. The van der Waals surface area contributed by atoms with E-state index in [0.29, 0.717) is 18.2 Å². The molecule has 1 aromatic heterocycles. The Balaban J connectivity index is 1.94. The van der Waals surface area contributed by atoms with E-state index in [2.05, 4.69) is 4.90 Å². The highest BCUT2D eigenvalue weighted by molar-refractivity contribution is 5.99. The number of nitrogens with zero attached hydrogens (tertiary/aromatic N) is 2. The number of fused-ring (bicyclic) bond motifs is 1. The largest absolute Gasteiger partial charge is 0.451 e. The summed E-state index contributed by atoms with van der Waals surface area (Å²) in [6.07, 6.45) is 2.09. The second-order valence-corrected chi connectivity index (χ2v) is 7.16. The zero-order valence-corrected chi connectivity index (χ0v) is 14.8. The van der Waals surface area contributed by atoms with Crippen LogP contribution in [-0.4, -0.2) is 48.9 Å². The van der Waals surface area contributed by atoms with Gasteiger partial charge in [0, 0.05) is 36.6 Å². The van der Waals surface area contributed by atoms with E-state index in [1.54, 1.807) is 0 Å². The highest BCUT2D eigenvalue weighted by Gasteiger charge is 2.30. The zero-order chi connectivity index (χ0) is 17.3. The molecule has 1 saturated heterocycles. The van der Waals surface area contributed by atoms with Crippen molar-refractivity contribution in [3.05, 3.63) is 35.6 Å². The summed E-state index contributed by atoms with van der Waals surface area (Å²) in [6.45, 7) is 4.20. The van der Waals surface area contributed by atoms with E-state index in [9.17, 15) is 4.79 Å². The van der Waals surface area contributed by atoms with E-state index < -0.39 is 0 Å². The maximum absolute atomic E-state index is 13.1. The molecule has 1 aliphatic heterocycles. The molecule has 2 aromatic rings. The van der Waals surface area contributed by atoms with Gasteiger partial charge in [0.15, 0.2) is 5.76 Å². The first-order chi connectivity index (χ1) is 11.5. The van der Waals surface area contributed by atoms with Gasteiger partial charge in [-0.15, -0.1) is 0 Å². The van der Waals surface area contributed by atoms with Crippen molar-refractivity contribution < 1.29 is 9.21 Å². The average Bonchev–Trinajstić information content (AvgIpc) is 2.92. The third-order valence-electron chi connectivity index (χ3n) is 4.86. The number of benzene rings is 1. The average molecular weight is 329 g/mol. The van der Waals surface area contributed by atoms with Crippen LogP contribution >= 0.6 is 0 Å². The third kappa shape index (κ3) is 3.32. The molecule has 5 heteroatoms. The number of carbonyl (C=O) groups excluding carboxylic acids is 1. The summed E-state index contributed by atoms with van der Waals surface area (Å²) in [7, 11) is 4.01. The standard InChI is InChI=1S/C19H27N3O2/c1-13(20)14-7-6-10-22(11-14)19(23)18-16(12-21(2)3)15-8-4-5-9-17(15)24-18/h4-5,8-9,13-14H,6-7,10-12,20H2,1-3H3/t13-,14+/m0/s1. The van der Waals surface area contributed by atoms with Crippen molar-refractivity contribution in [2.45, 2.75) is 32.4 Å². The molecule has 0 bridgehead atoms. The van der Waals surface area contributed by atoms with Crippen LogP contribution in [0.5, 0.6) is 0 Å². The number of hydrogen-bond donors (Lipinski definition) is 1. The van der Waals surface area contributed by atoms with Gasteiger partial charge in [0.05, 0.1) is 0 Å². The van der Waals surface area contributed by atoms with Crippen LogP contribution in [0.3, 0.4) is 0 Å². The molecule has 0 unspecified atom stereocenters. The fourth-order valence-corrected chi connectivity index (χ4v) is 3.51. The Bertz CT molecular complexity index is 720. The van der Waals surface area contributed by atoms with E-state index >= 15 is 0 Å². The van der Waals surface area contributed by atoms with Gasteiger partial charge in [0.2, 0.25) is 0 Å². The predicted octanol–water partition coefficient (Wildman–Crippen LogP) is 2.69. The Labute approximate surface area is 143 Å². The van der Waals surface area contributed by atoms with Crippen LogP contribution in [-0.2, 0) is 6.54 Å². The van der Waals surface area contributed by atoms with Crippen LogP contribution in [0, 0.1) is 5.92 Å². The maximum Gasteiger partial charge on any atom is 0.289 e. The van der Waals surface area contributed by atoms with Gasteiger partial charge in [0.25, 0.3) is 5.91 Å². The predicted molar refractivity (Wildman–Crippen MR) is 95.9 cm³/mol. The topological polar surface area (TPSA) is 62.7 Å². The lowest BCUT2D eigenvalue weighted by atomic mass is 9.92. The first-order valence-electron chi connectivity index (χ1n) is 8.67. The molecule has 0 saturated carbocycles. The van der Waals surface area contributed by atoms with Crippen molar-refractivity contribution in [2.24, 2.45) is 11.7 Å². The molecule has 0 aliphatic carbocycles. The minimum Gasteiger partial charge on any atom is -0.451 e. The first kappa shape index (κ1) is 17.0. The molecule has 24 heavy (non-hydrogen) atoms. The number of amides is 1. The molecular formula is C19H27N3O2. The molecule has 1 amide bonds. The van der Waals surface area contributed by atoms with Crippen molar-refractivity contribution in [2.75, 3.05) is 27.2 Å². The molecule has 0 radical (unpaired) electrons. The van der Waals surface area contributed by atoms with Crippen LogP contribution in [0.15, 0.2) is 28.7 Å². The van der Waals surface area contributed by atoms with Crippen molar-refractivity contribution in [1.82, 2.24) is 9.80 Å². The molecule has 2 heterocycles. The number of likely N-dealkylation sites (tertiary alicyclic amines) is 1. The first-order valence-corrected chi connectivity index (χ1v) is 8.67. The summed E-state index contributed by atoms with van der Waals surface area (Å²) < 4.78 is 5.96. The van der Waals surface area contributed by atoms with Crippen LogP contribution in [0.1, 0.15) is 35.9 Å². The van der Waals surface area contributed by atoms with Gasteiger partial charge in [-0.05, 0) is 45.8 Å². The fraction of sp³-hybridized carbons (Fsp3) is 0.526. The monoisotopic (exact) mass is 329 g/mol. The maximum atomic E-state index is 13.1. The van der Waals surface area contributed by atoms with Gasteiger partial charge in [-0.2, -0.15) is 0 Å². The van der Waals surface area contributed by atoms with Gasteiger partial charge < -0.3 is 20.0 Å². The minimum absolute atomic E-state index is 0.00611. The summed E-state index contributed by atoms with van der Waals surface area (Å²) >= 11 is 0. The van der Waals surface area contributed by atoms with Gasteiger partial charge in [0.1, 0.15) is 5.58 Å². The van der Waals surface area contributed by atoms with E-state index in [1.807, 2.05) is 50.2 Å². The van der Waals surface area contributed by atoms with E-state index in [1.165, 1.54) is 0 Å². The van der Waals surface area contributed by atoms with Gasteiger partial charge in [-0.1, -0.05) is 18.2 Å². The van der Waals surface area contributed by atoms with Crippen molar-refractivity contribution in [1.29, 1.82) is 0 Å². The lowest BCUT2D eigenvalue weighted by molar-refractivity contribution is 0.0629.